The lowest BCUT2D eigenvalue weighted by atomic mass is 9.98. The summed E-state index contributed by atoms with van der Waals surface area (Å²) < 4.78 is 2.14. The van der Waals surface area contributed by atoms with E-state index in [9.17, 15) is 0 Å². The van der Waals surface area contributed by atoms with Gasteiger partial charge in [0, 0.05) is 20.4 Å². The number of hydrogen-bond acceptors (Lipinski definition) is 2. The van der Waals surface area contributed by atoms with E-state index in [-0.39, 0.29) is 6.04 Å². The number of benzene rings is 3. The molecule has 0 saturated heterocycles. The van der Waals surface area contributed by atoms with Crippen molar-refractivity contribution in [2.24, 2.45) is 5.10 Å². The van der Waals surface area contributed by atoms with Crippen LogP contribution in [0, 0.1) is 0 Å². The molecule has 0 saturated carbocycles. The number of nitrogens with zero attached hydrogens (tertiary/aromatic N) is 2. The van der Waals surface area contributed by atoms with Gasteiger partial charge in [0.15, 0.2) is 0 Å². The van der Waals surface area contributed by atoms with Crippen molar-refractivity contribution in [3.63, 3.8) is 0 Å². The van der Waals surface area contributed by atoms with Crippen LogP contribution in [0.25, 0.3) is 0 Å². The van der Waals surface area contributed by atoms with Crippen molar-refractivity contribution in [1.29, 1.82) is 0 Å². The molecule has 1 atom stereocenters. The summed E-state index contributed by atoms with van der Waals surface area (Å²) in [5.74, 6) is 0. The van der Waals surface area contributed by atoms with Gasteiger partial charge in [0.05, 0.1) is 17.4 Å². The Hall–Kier alpha value is -1.62. The van der Waals surface area contributed by atoms with E-state index in [4.69, 9.17) is 16.7 Å². The van der Waals surface area contributed by atoms with Gasteiger partial charge in [0.2, 0.25) is 0 Å². The Bertz CT molecular complexity index is 953. The standard InChI is InChI=1S/C21H15Br2ClN2/c22-16-8-4-14(5-9-16)20-13-21(15-6-10-17(23)11-7-15)26(25-20)19-3-1-2-18(24)12-19/h1-12,21H,13H2. The van der Waals surface area contributed by atoms with Crippen molar-refractivity contribution in [3.05, 3.63) is 97.9 Å². The molecular weight excluding hydrogens is 476 g/mol. The van der Waals surface area contributed by atoms with Crippen LogP contribution in [-0.4, -0.2) is 5.71 Å². The van der Waals surface area contributed by atoms with Crippen LogP contribution in [0.1, 0.15) is 23.6 Å². The summed E-state index contributed by atoms with van der Waals surface area (Å²) in [7, 11) is 0. The first kappa shape index (κ1) is 17.8. The van der Waals surface area contributed by atoms with E-state index in [1.54, 1.807) is 0 Å². The molecule has 4 rings (SSSR count). The van der Waals surface area contributed by atoms with Gasteiger partial charge in [-0.05, 0) is 53.6 Å². The smallest absolute Gasteiger partial charge is 0.0831 e. The minimum absolute atomic E-state index is 0.139. The summed E-state index contributed by atoms with van der Waals surface area (Å²) in [4.78, 5) is 0. The minimum atomic E-state index is 0.139. The number of halogens is 3. The highest BCUT2D eigenvalue weighted by atomic mass is 79.9. The number of rotatable bonds is 3. The topological polar surface area (TPSA) is 15.6 Å². The maximum atomic E-state index is 6.22. The normalized spacial score (nSPS) is 16.7. The molecular formula is C21H15Br2ClN2. The van der Waals surface area contributed by atoms with E-state index >= 15 is 0 Å². The van der Waals surface area contributed by atoms with Gasteiger partial charge in [0.1, 0.15) is 0 Å². The van der Waals surface area contributed by atoms with Crippen molar-refractivity contribution in [2.45, 2.75) is 12.5 Å². The zero-order chi connectivity index (χ0) is 18.1. The van der Waals surface area contributed by atoms with Crippen LogP contribution >= 0.6 is 43.5 Å². The van der Waals surface area contributed by atoms with Crippen molar-refractivity contribution in [1.82, 2.24) is 0 Å². The van der Waals surface area contributed by atoms with Crippen molar-refractivity contribution in [2.75, 3.05) is 5.01 Å². The molecule has 0 amide bonds. The Balaban J connectivity index is 1.75. The van der Waals surface area contributed by atoms with Gasteiger partial charge in [0.25, 0.3) is 0 Å². The monoisotopic (exact) mass is 488 g/mol. The first-order valence-electron chi connectivity index (χ1n) is 8.24. The molecule has 0 bridgehead atoms. The van der Waals surface area contributed by atoms with Crippen LogP contribution in [0.2, 0.25) is 5.02 Å². The molecule has 1 unspecified atom stereocenters. The molecule has 3 aromatic carbocycles. The molecule has 0 N–H and O–H groups in total. The second kappa shape index (κ2) is 7.55. The van der Waals surface area contributed by atoms with Gasteiger partial charge >= 0.3 is 0 Å². The molecule has 26 heavy (non-hydrogen) atoms. The van der Waals surface area contributed by atoms with E-state index < -0.39 is 0 Å². The van der Waals surface area contributed by atoms with Gasteiger partial charge in [-0.15, -0.1) is 0 Å². The Morgan fingerprint density at radius 2 is 1.54 bits per heavy atom. The second-order valence-electron chi connectivity index (χ2n) is 6.15. The van der Waals surface area contributed by atoms with Crippen LogP contribution in [0.5, 0.6) is 0 Å². The van der Waals surface area contributed by atoms with Crippen LogP contribution in [-0.2, 0) is 0 Å². The fourth-order valence-electron chi connectivity index (χ4n) is 3.13. The van der Waals surface area contributed by atoms with Gasteiger partial charge in [-0.25, -0.2) is 0 Å². The molecule has 130 valence electrons. The summed E-state index contributed by atoms with van der Waals surface area (Å²) >= 11 is 13.2. The van der Waals surface area contributed by atoms with Crippen LogP contribution in [0.3, 0.4) is 0 Å². The molecule has 1 aliphatic rings. The molecule has 0 radical (unpaired) electrons. The quantitative estimate of drug-likeness (QED) is 0.378. The maximum Gasteiger partial charge on any atom is 0.0831 e. The third kappa shape index (κ3) is 3.73. The van der Waals surface area contributed by atoms with Crippen molar-refractivity contribution < 1.29 is 0 Å². The fourth-order valence-corrected chi connectivity index (χ4v) is 3.84. The summed E-state index contributed by atoms with van der Waals surface area (Å²) in [5.41, 5.74) is 4.44. The van der Waals surface area contributed by atoms with Crippen LogP contribution in [0.15, 0.2) is 86.8 Å². The van der Waals surface area contributed by atoms with Gasteiger partial charge < -0.3 is 0 Å². The average Bonchev–Trinajstić information content (AvgIpc) is 3.08. The van der Waals surface area contributed by atoms with Crippen LogP contribution in [0.4, 0.5) is 5.69 Å². The van der Waals surface area contributed by atoms with Gasteiger partial charge in [-0.2, -0.15) is 5.10 Å². The van der Waals surface area contributed by atoms with Crippen molar-refractivity contribution in [3.8, 4) is 0 Å². The SMILES string of the molecule is Clc1cccc(N2N=C(c3ccc(Br)cc3)CC2c2ccc(Br)cc2)c1. The number of anilines is 1. The molecule has 0 spiro atoms. The van der Waals surface area contributed by atoms with Gasteiger partial charge in [-0.1, -0.05) is 73.8 Å². The molecule has 5 heteroatoms. The van der Waals surface area contributed by atoms with E-state index in [2.05, 4.69) is 85.4 Å². The highest BCUT2D eigenvalue weighted by Gasteiger charge is 2.30. The Labute approximate surface area is 174 Å². The molecule has 0 fully saturated rings. The summed E-state index contributed by atoms with van der Waals surface area (Å²) in [6.07, 6.45) is 0.843. The lowest BCUT2D eigenvalue weighted by Crippen LogP contribution is -2.18. The summed E-state index contributed by atoms with van der Waals surface area (Å²) in [6, 6.07) is 24.7. The third-order valence-electron chi connectivity index (χ3n) is 4.42. The molecule has 0 aliphatic carbocycles. The molecule has 3 aromatic rings. The maximum absolute atomic E-state index is 6.22. The first-order valence-corrected chi connectivity index (χ1v) is 10.2. The zero-order valence-corrected chi connectivity index (χ0v) is 17.7. The predicted molar refractivity (Wildman–Crippen MR) is 116 cm³/mol. The molecule has 1 aliphatic heterocycles. The highest BCUT2D eigenvalue weighted by Crippen LogP contribution is 2.37. The average molecular weight is 491 g/mol. The first-order chi connectivity index (χ1) is 12.6. The zero-order valence-electron chi connectivity index (χ0n) is 13.7. The van der Waals surface area contributed by atoms with Crippen LogP contribution < -0.4 is 5.01 Å². The van der Waals surface area contributed by atoms with Crippen molar-refractivity contribution >= 4 is 54.9 Å². The number of hydrazone groups is 1. The lowest BCUT2D eigenvalue weighted by Gasteiger charge is -2.24. The second-order valence-corrected chi connectivity index (χ2v) is 8.42. The van der Waals surface area contributed by atoms with Gasteiger partial charge in [-0.3, -0.25) is 5.01 Å². The molecule has 2 nitrogen and oxygen atoms in total. The molecule has 1 heterocycles. The Morgan fingerprint density at radius 1 is 0.885 bits per heavy atom. The Kier molecular flexibility index (Phi) is 5.16. The van der Waals surface area contributed by atoms with E-state index in [1.165, 1.54) is 5.56 Å². The molecule has 0 aromatic heterocycles. The van der Waals surface area contributed by atoms with E-state index in [0.717, 1.165) is 32.3 Å². The highest BCUT2D eigenvalue weighted by molar-refractivity contribution is 9.10. The minimum Gasteiger partial charge on any atom is -0.257 e. The van der Waals surface area contributed by atoms with E-state index in [1.807, 2.05) is 24.3 Å². The predicted octanol–water partition coefficient (Wildman–Crippen LogP) is 7.22. The Morgan fingerprint density at radius 3 is 2.19 bits per heavy atom. The number of hydrogen-bond donors (Lipinski definition) is 0. The largest absolute Gasteiger partial charge is 0.257 e. The third-order valence-corrected chi connectivity index (χ3v) is 5.71. The summed E-state index contributed by atoms with van der Waals surface area (Å²) in [5, 5.41) is 7.73. The lowest BCUT2D eigenvalue weighted by molar-refractivity contribution is 0.709. The fraction of sp³-hybridized carbons (Fsp3) is 0.0952. The summed E-state index contributed by atoms with van der Waals surface area (Å²) in [6.45, 7) is 0. The van der Waals surface area contributed by atoms with E-state index in [0.29, 0.717) is 5.02 Å².